The van der Waals surface area contributed by atoms with Crippen LogP contribution in [0.15, 0.2) is 48.7 Å². The van der Waals surface area contributed by atoms with E-state index in [2.05, 4.69) is 10.9 Å². The molecule has 1 aromatic heterocycles. The van der Waals surface area contributed by atoms with E-state index in [1.165, 1.54) is 0 Å². The number of para-hydroxylation sites is 1. The lowest BCUT2D eigenvalue weighted by Crippen LogP contribution is -2.41. The van der Waals surface area contributed by atoms with E-state index in [0.29, 0.717) is 34.8 Å². The maximum absolute atomic E-state index is 12.6. The van der Waals surface area contributed by atoms with E-state index in [-0.39, 0.29) is 5.91 Å². The molecule has 2 N–H and O–H groups in total. The zero-order chi connectivity index (χ0) is 20.5. The van der Waals surface area contributed by atoms with Gasteiger partial charge in [0.1, 0.15) is 0 Å². The summed E-state index contributed by atoms with van der Waals surface area (Å²) in [5.74, 6) is -0.934. The predicted octanol–water partition coefficient (Wildman–Crippen LogP) is 3.03. The van der Waals surface area contributed by atoms with E-state index < -0.39 is 11.8 Å². The van der Waals surface area contributed by atoms with Gasteiger partial charge in [-0.25, -0.2) is 0 Å². The quantitative estimate of drug-likeness (QED) is 0.651. The maximum Gasteiger partial charge on any atom is 0.271 e. The average molecular weight is 411 g/mol. The highest BCUT2D eigenvalue weighted by Gasteiger charge is 2.24. The van der Waals surface area contributed by atoms with Gasteiger partial charge in [-0.1, -0.05) is 29.8 Å². The Kier molecular flexibility index (Phi) is 4.98. The molecular weight excluding hydrogens is 392 g/mol. The number of carbonyl (C=O) groups is 3. The summed E-state index contributed by atoms with van der Waals surface area (Å²) in [7, 11) is 1.85. The van der Waals surface area contributed by atoms with Crippen LogP contribution in [-0.4, -0.2) is 28.8 Å². The van der Waals surface area contributed by atoms with Crippen LogP contribution in [0.2, 0.25) is 5.02 Å². The van der Waals surface area contributed by atoms with Crippen molar-refractivity contribution < 1.29 is 14.4 Å². The molecule has 8 heteroatoms. The third kappa shape index (κ3) is 3.56. The van der Waals surface area contributed by atoms with Gasteiger partial charge in [0.2, 0.25) is 5.91 Å². The van der Waals surface area contributed by atoms with Crippen LogP contribution in [-0.2, 0) is 11.8 Å². The topological polar surface area (TPSA) is 83.4 Å². The number of benzene rings is 2. The summed E-state index contributed by atoms with van der Waals surface area (Å²) in [6.07, 6.45) is 2.94. The second-order valence-corrected chi connectivity index (χ2v) is 7.30. The van der Waals surface area contributed by atoms with Crippen LogP contribution in [0.5, 0.6) is 0 Å². The molecule has 0 saturated carbocycles. The maximum atomic E-state index is 12.6. The normalized spacial score (nSPS) is 13.7. The number of aryl methyl sites for hydroxylation is 1. The van der Waals surface area contributed by atoms with Crippen molar-refractivity contribution in [3.8, 4) is 0 Å². The number of rotatable bonds is 3. The minimum Gasteiger partial charge on any atom is -0.350 e. The molecule has 29 heavy (non-hydrogen) atoms. The third-order valence-corrected chi connectivity index (χ3v) is 5.32. The molecule has 0 bridgehead atoms. The summed E-state index contributed by atoms with van der Waals surface area (Å²) in [6.45, 7) is 0.571. The van der Waals surface area contributed by atoms with E-state index in [1.54, 1.807) is 29.3 Å². The molecule has 2 heterocycles. The summed E-state index contributed by atoms with van der Waals surface area (Å²) >= 11 is 6.21. The van der Waals surface area contributed by atoms with Crippen molar-refractivity contribution >= 4 is 45.9 Å². The fourth-order valence-corrected chi connectivity index (χ4v) is 3.76. The minimum absolute atomic E-state index is 0.0197. The van der Waals surface area contributed by atoms with Crippen LogP contribution in [0, 0.1) is 0 Å². The number of hydrogen-bond acceptors (Lipinski definition) is 3. The Labute approximate surface area is 172 Å². The number of nitrogens with one attached hydrogen (secondary N) is 2. The van der Waals surface area contributed by atoms with Crippen LogP contribution < -0.4 is 15.8 Å². The van der Waals surface area contributed by atoms with Gasteiger partial charge >= 0.3 is 0 Å². The number of hydrazine groups is 1. The largest absolute Gasteiger partial charge is 0.350 e. The lowest BCUT2D eigenvalue weighted by atomic mass is 10.1. The highest BCUT2D eigenvalue weighted by Crippen LogP contribution is 2.30. The summed E-state index contributed by atoms with van der Waals surface area (Å²) in [5, 5.41) is 1.19. The SMILES string of the molecule is Cn1cc(C(=O)NNC(=O)c2ccc(Cl)c(N3CCCC3=O)c2)c2ccccc21. The van der Waals surface area contributed by atoms with Crippen molar-refractivity contribution in [2.24, 2.45) is 7.05 Å². The summed E-state index contributed by atoms with van der Waals surface area (Å²) in [4.78, 5) is 38.7. The predicted molar refractivity (Wildman–Crippen MR) is 111 cm³/mol. The van der Waals surface area contributed by atoms with Gasteiger partial charge in [0.25, 0.3) is 11.8 Å². The molecule has 1 aliphatic heterocycles. The molecule has 3 aromatic rings. The van der Waals surface area contributed by atoms with Gasteiger partial charge < -0.3 is 9.47 Å². The smallest absolute Gasteiger partial charge is 0.271 e. The van der Waals surface area contributed by atoms with Crippen molar-refractivity contribution in [2.45, 2.75) is 12.8 Å². The Bertz CT molecular complexity index is 1140. The van der Waals surface area contributed by atoms with Gasteiger partial charge in [-0.3, -0.25) is 25.2 Å². The summed E-state index contributed by atoms with van der Waals surface area (Å²) in [6, 6.07) is 12.2. The van der Waals surface area contributed by atoms with Crippen molar-refractivity contribution in [1.82, 2.24) is 15.4 Å². The minimum atomic E-state index is -0.497. The first kappa shape index (κ1) is 19.0. The lowest BCUT2D eigenvalue weighted by Gasteiger charge is -2.18. The van der Waals surface area contributed by atoms with E-state index in [1.807, 2.05) is 35.9 Å². The van der Waals surface area contributed by atoms with Crippen LogP contribution in [0.1, 0.15) is 33.6 Å². The van der Waals surface area contributed by atoms with E-state index in [4.69, 9.17) is 11.6 Å². The number of halogens is 1. The number of aromatic nitrogens is 1. The van der Waals surface area contributed by atoms with Gasteiger partial charge in [0.05, 0.1) is 16.3 Å². The molecule has 7 nitrogen and oxygen atoms in total. The molecule has 2 aromatic carbocycles. The first-order valence-electron chi connectivity index (χ1n) is 9.20. The van der Waals surface area contributed by atoms with Gasteiger partial charge in [-0.15, -0.1) is 0 Å². The second kappa shape index (κ2) is 7.60. The fraction of sp³-hybridized carbons (Fsp3) is 0.190. The van der Waals surface area contributed by atoms with Crippen molar-refractivity contribution in [1.29, 1.82) is 0 Å². The standard InChI is InChI=1S/C21H19ClN4O3/c1-25-12-15(14-5-2-3-6-17(14)25)21(29)24-23-20(28)13-8-9-16(22)18(11-13)26-10-4-7-19(26)27/h2-3,5-6,8-9,11-12H,4,7,10H2,1H3,(H,23,28)(H,24,29). The first-order valence-corrected chi connectivity index (χ1v) is 9.58. The average Bonchev–Trinajstić information content (AvgIpc) is 3.30. The molecule has 0 aliphatic carbocycles. The lowest BCUT2D eigenvalue weighted by molar-refractivity contribution is -0.117. The number of fused-ring (bicyclic) bond motifs is 1. The van der Waals surface area contributed by atoms with Gasteiger partial charge in [0.15, 0.2) is 0 Å². The molecule has 1 saturated heterocycles. The molecule has 0 atom stereocenters. The van der Waals surface area contributed by atoms with Crippen molar-refractivity contribution in [3.05, 3.63) is 64.8 Å². The van der Waals surface area contributed by atoms with Crippen LogP contribution >= 0.6 is 11.6 Å². The summed E-state index contributed by atoms with van der Waals surface area (Å²) in [5.41, 5.74) is 7.05. The molecule has 3 amide bonds. The molecule has 148 valence electrons. The van der Waals surface area contributed by atoms with E-state index in [9.17, 15) is 14.4 Å². The second-order valence-electron chi connectivity index (χ2n) is 6.89. The van der Waals surface area contributed by atoms with Crippen molar-refractivity contribution in [2.75, 3.05) is 11.4 Å². The Morgan fingerprint density at radius 1 is 1.07 bits per heavy atom. The summed E-state index contributed by atoms with van der Waals surface area (Å²) < 4.78 is 1.85. The Morgan fingerprint density at radius 3 is 2.59 bits per heavy atom. The Morgan fingerprint density at radius 2 is 1.83 bits per heavy atom. The fourth-order valence-electron chi connectivity index (χ4n) is 3.54. The third-order valence-electron chi connectivity index (χ3n) is 5.00. The zero-order valence-electron chi connectivity index (χ0n) is 15.7. The Balaban J connectivity index is 1.50. The van der Waals surface area contributed by atoms with Gasteiger partial charge in [-0.05, 0) is 30.7 Å². The highest BCUT2D eigenvalue weighted by molar-refractivity contribution is 6.34. The molecule has 4 rings (SSSR count). The zero-order valence-corrected chi connectivity index (χ0v) is 16.5. The first-order chi connectivity index (χ1) is 14.0. The van der Waals surface area contributed by atoms with Crippen LogP contribution in [0.3, 0.4) is 0 Å². The van der Waals surface area contributed by atoms with Gasteiger partial charge in [0, 0.05) is 42.7 Å². The van der Waals surface area contributed by atoms with Crippen LogP contribution in [0.25, 0.3) is 10.9 Å². The molecule has 0 unspecified atom stereocenters. The Hall–Kier alpha value is -3.32. The monoisotopic (exact) mass is 410 g/mol. The number of anilines is 1. The van der Waals surface area contributed by atoms with Crippen LogP contribution in [0.4, 0.5) is 5.69 Å². The number of amides is 3. The molecule has 1 fully saturated rings. The van der Waals surface area contributed by atoms with Crippen molar-refractivity contribution in [3.63, 3.8) is 0 Å². The molecule has 0 spiro atoms. The van der Waals surface area contributed by atoms with E-state index >= 15 is 0 Å². The molecular formula is C21H19ClN4O3. The number of hydrogen-bond donors (Lipinski definition) is 2. The molecule has 0 radical (unpaired) electrons. The number of carbonyl (C=O) groups excluding carboxylic acids is 3. The van der Waals surface area contributed by atoms with Gasteiger partial charge in [-0.2, -0.15) is 0 Å². The van der Waals surface area contributed by atoms with E-state index in [0.717, 1.165) is 17.3 Å². The highest BCUT2D eigenvalue weighted by atomic mass is 35.5. The molecule has 1 aliphatic rings. The number of nitrogens with zero attached hydrogens (tertiary/aromatic N) is 2.